The van der Waals surface area contributed by atoms with Crippen molar-refractivity contribution in [1.29, 1.82) is 0 Å². The van der Waals surface area contributed by atoms with Crippen molar-refractivity contribution in [2.75, 3.05) is 6.61 Å². The summed E-state index contributed by atoms with van der Waals surface area (Å²) in [7, 11) is -16.7. The molecule has 21 heteroatoms. The van der Waals surface area contributed by atoms with E-state index in [4.69, 9.17) is 31.6 Å². The van der Waals surface area contributed by atoms with Gasteiger partial charge in [0.05, 0.1) is 19.3 Å². The van der Waals surface area contributed by atoms with E-state index in [1.54, 1.807) is 0 Å². The molecule has 31 heavy (non-hydrogen) atoms. The fourth-order valence-corrected chi connectivity index (χ4v) is 5.87. The number of phosphoric ester groups is 1. The molecule has 1 saturated heterocycles. The van der Waals surface area contributed by atoms with Crippen LogP contribution in [0.15, 0.2) is 12.7 Å². The first kappa shape index (κ1) is 24.7. The number of fused-ring (bicyclic) bond motifs is 1. The van der Waals surface area contributed by atoms with Crippen molar-refractivity contribution >= 4 is 46.8 Å². The second-order valence-corrected chi connectivity index (χ2v) is 10.8. The molecule has 2 aromatic rings. The van der Waals surface area contributed by atoms with Gasteiger partial charge in [-0.15, -0.1) is 0 Å². The molecule has 6 unspecified atom stereocenters. The third kappa shape index (κ3) is 5.90. The van der Waals surface area contributed by atoms with Crippen LogP contribution < -0.4 is 0 Å². The first-order valence-corrected chi connectivity index (χ1v) is 12.8. The summed E-state index contributed by atoms with van der Waals surface area (Å²) in [6, 6.07) is 0. The molecule has 3 rings (SSSR count). The lowest BCUT2D eigenvalue weighted by molar-refractivity contribution is -0.0503. The van der Waals surface area contributed by atoms with Crippen LogP contribution in [0.25, 0.3) is 11.2 Å². The third-order valence-electron chi connectivity index (χ3n) is 3.81. The summed E-state index contributed by atoms with van der Waals surface area (Å²) >= 11 is 5.02. The van der Waals surface area contributed by atoms with Crippen LogP contribution >= 0.6 is 35.7 Å². The lowest BCUT2D eigenvalue weighted by Gasteiger charge is -2.19. The molecule has 0 radical (unpaired) electrons. The molecule has 2 aromatic heterocycles. The number of nitrogens with one attached hydrogen (secondary N) is 1. The molecular formula is C10H15N4O13P3S. The number of hydrogen-bond acceptors (Lipinski definition) is 12. The van der Waals surface area contributed by atoms with Crippen molar-refractivity contribution in [2.45, 2.75) is 24.5 Å². The molecule has 0 aromatic carbocycles. The van der Waals surface area contributed by atoms with Gasteiger partial charge in [0.1, 0.15) is 29.5 Å². The zero-order valence-electron chi connectivity index (χ0n) is 14.8. The molecular weight excluding hydrogens is 509 g/mol. The second-order valence-electron chi connectivity index (χ2n) is 5.99. The number of aliphatic hydroxyl groups is 2. The molecule has 0 aliphatic carbocycles. The lowest BCUT2D eigenvalue weighted by atomic mass is 10.1. The van der Waals surface area contributed by atoms with E-state index in [0.717, 1.165) is 0 Å². The Kier molecular flexibility index (Phi) is 6.99. The zero-order valence-corrected chi connectivity index (χ0v) is 18.3. The van der Waals surface area contributed by atoms with E-state index >= 15 is 0 Å². The summed E-state index contributed by atoms with van der Waals surface area (Å²) in [5.41, 5.74) is 0.573. The molecule has 0 spiro atoms. The standard InChI is InChI=1S/C10H15N4O13P3S/c15-6-4(1-24-29(20,21)27-30(22,23)26-28(17,18)19)25-10(7(6)16)14-3-13-5-8(14)11-2-12-9(5)31/h2-4,6-7,10,15-16H,1H2,(H,20,21)(H,22,23)(H,11,12,31)(H2,17,18,19). The maximum absolute atomic E-state index is 11.8. The normalized spacial score (nSPS) is 28.5. The quantitative estimate of drug-likeness (QED) is 0.169. The lowest BCUT2D eigenvalue weighted by Crippen LogP contribution is -2.33. The van der Waals surface area contributed by atoms with E-state index in [0.29, 0.717) is 5.65 Å². The Hall–Kier alpha value is -0.940. The maximum atomic E-state index is 11.8. The molecule has 1 fully saturated rings. The number of aliphatic hydroxyl groups excluding tert-OH is 2. The SMILES string of the molecule is O=P(O)(O)OP(=O)(O)OP(=O)(O)OCC1OC(n2cnc3c(=S)nc[nH]c32)C(O)C1O. The Morgan fingerprint density at radius 2 is 1.77 bits per heavy atom. The predicted octanol–water partition coefficient (Wildman–Crippen LogP) is -0.549. The molecule has 7 N–H and O–H groups in total. The minimum absolute atomic E-state index is 0.157. The number of aromatic nitrogens is 4. The molecule has 6 atom stereocenters. The van der Waals surface area contributed by atoms with Gasteiger partial charge in [0.15, 0.2) is 10.9 Å². The number of imidazole rings is 1. The Morgan fingerprint density at radius 1 is 1.10 bits per heavy atom. The van der Waals surface area contributed by atoms with Crippen LogP contribution in [0.1, 0.15) is 6.23 Å². The fourth-order valence-electron chi connectivity index (χ4n) is 2.63. The van der Waals surface area contributed by atoms with Gasteiger partial charge in [0, 0.05) is 0 Å². The Bertz CT molecular complexity index is 1160. The molecule has 0 saturated carbocycles. The van der Waals surface area contributed by atoms with E-state index in [1.807, 2.05) is 0 Å². The maximum Gasteiger partial charge on any atom is 0.490 e. The Labute approximate surface area is 176 Å². The first-order chi connectivity index (χ1) is 14.2. The zero-order chi connectivity index (χ0) is 23.2. The molecule has 3 heterocycles. The highest BCUT2D eigenvalue weighted by molar-refractivity contribution is 7.71. The van der Waals surface area contributed by atoms with E-state index in [-0.39, 0.29) is 10.2 Å². The Balaban J connectivity index is 1.70. The van der Waals surface area contributed by atoms with Gasteiger partial charge in [-0.2, -0.15) is 8.62 Å². The number of phosphoric acid groups is 3. The topological polar surface area (TPSA) is 256 Å². The minimum Gasteiger partial charge on any atom is -0.387 e. The first-order valence-electron chi connectivity index (χ1n) is 7.89. The van der Waals surface area contributed by atoms with Gasteiger partial charge in [0.2, 0.25) is 0 Å². The van der Waals surface area contributed by atoms with Crippen molar-refractivity contribution in [3.8, 4) is 0 Å². The average Bonchev–Trinajstić information content (AvgIpc) is 3.13. The van der Waals surface area contributed by atoms with E-state index in [9.17, 15) is 28.8 Å². The summed E-state index contributed by atoms with van der Waals surface area (Å²) in [6.07, 6.45) is -3.39. The number of H-pyrrole nitrogens is 1. The molecule has 17 nitrogen and oxygen atoms in total. The van der Waals surface area contributed by atoms with Crippen molar-refractivity contribution in [1.82, 2.24) is 19.5 Å². The van der Waals surface area contributed by atoms with Gasteiger partial charge in [-0.25, -0.2) is 23.7 Å². The smallest absolute Gasteiger partial charge is 0.387 e. The van der Waals surface area contributed by atoms with Crippen LogP contribution in [0.4, 0.5) is 0 Å². The highest BCUT2D eigenvalue weighted by Crippen LogP contribution is 2.66. The van der Waals surface area contributed by atoms with Crippen LogP contribution in [-0.2, 0) is 31.6 Å². The predicted molar refractivity (Wildman–Crippen MR) is 98.5 cm³/mol. The van der Waals surface area contributed by atoms with Gasteiger partial charge in [0.25, 0.3) is 0 Å². The highest BCUT2D eigenvalue weighted by Gasteiger charge is 2.46. The van der Waals surface area contributed by atoms with E-state index in [1.165, 1.54) is 17.2 Å². The largest absolute Gasteiger partial charge is 0.490 e. The number of rotatable bonds is 8. The number of ether oxygens (including phenoxy) is 1. The monoisotopic (exact) mass is 524 g/mol. The van der Waals surface area contributed by atoms with E-state index < -0.39 is 54.6 Å². The molecule has 0 bridgehead atoms. The average molecular weight is 524 g/mol. The van der Waals surface area contributed by atoms with Crippen LogP contribution in [0.2, 0.25) is 0 Å². The molecule has 1 aliphatic heterocycles. The van der Waals surface area contributed by atoms with Crippen molar-refractivity contribution < 1.29 is 61.4 Å². The van der Waals surface area contributed by atoms with Crippen LogP contribution in [0, 0.1) is 4.64 Å². The van der Waals surface area contributed by atoms with Gasteiger partial charge < -0.3 is 39.5 Å². The van der Waals surface area contributed by atoms with Crippen molar-refractivity contribution in [3.05, 3.63) is 17.3 Å². The van der Waals surface area contributed by atoms with Gasteiger partial charge in [-0.05, 0) is 0 Å². The van der Waals surface area contributed by atoms with Crippen LogP contribution in [0.5, 0.6) is 0 Å². The summed E-state index contributed by atoms with van der Waals surface area (Å²) in [5.74, 6) is 0. The Morgan fingerprint density at radius 3 is 2.42 bits per heavy atom. The van der Waals surface area contributed by atoms with Gasteiger partial charge >= 0.3 is 23.5 Å². The number of aromatic amines is 1. The fraction of sp³-hybridized carbons (Fsp3) is 0.500. The van der Waals surface area contributed by atoms with Crippen molar-refractivity contribution in [3.63, 3.8) is 0 Å². The highest BCUT2D eigenvalue weighted by atomic mass is 32.1. The summed E-state index contributed by atoms with van der Waals surface area (Å²) in [4.78, 5) is 46.2. The number of nitrogens with zero attached hydrogens (tertiary/aromatic N) is 3. The third-order valence-corrected chi connectivity index (χ3v) is 7.91. The summed E-state index contributed by atoms with van der Waals surface area (Å²) < 4.78 is 52.2. The number of hydrogen-bond donors (Lipinski definition) is 7. The van der Waals surface area contributed by atoms with Gasteiger partial charge in [-0.1, -0.05) is 12.2 Å². The van der Waals surface area contributed by atoms with E-state index in [2.05, 4.69) is 28.1 Å². The summed E-state index contributed by atoms with van der Waals surface area (Å²) in [6.45, 7) is -0.942. The molecule has 174 valence electrons. The summed E-state index contributed by atoms with van der Waals surface area (Å²) in [5, 5.41) is 20.4. The van der Waals surface area contributed by atoms with Gasteiger partial charge in [-0.3, -0.25) is 9.09 Å². The van der Waals surface area contributed by atoms with Crippen LogP contribution in [0.3, 0.4) is 0 Å². The second kappa shape index (κ2) is 8.78. The molecule has 0 amide bonds. The molecule has 1 aliphatic rings. The van der Waals surface area contributed by atoms with Crippen molar-refractivity contribution in [2.24, 2.45) is 0 Å². The minimum atomic E-state index is -5.69. The van der Waals surface area contributed by atoms with Crippen LogP contribution in [-0.4, -0.2) is 74.2 Å².